The van der Waals surface area contributed by atoms with E-state index in [1.165, 1.54) is 11.1 Å². The predicted molar refractivity (Wildman–Crippen MR) is 87.2 cm³/mol. The number of nitrogens with zero attached hydrogens (tertiary/aromatic N) is 1. The van der Waals surface area contributed by atoms with Gasteiger partial charge in [-0.1, -0.05) is 31.5 Å². The number of aryl methyl sites for hydroxylation is 1. The van der Waals surface area contributed by atoms with Crippen LogP contribution in [-0.2, 0) is 43.9 Å². The Hall–Kier alpha value is -0.246. The summed E-state index contributed by atoms with van der Waals surface area (Å²) in [6.45, 7) is 6.99. The SMILES string of the molecule is [CH2-]CCC(C)CCN1C(=O)C[C@@H]1c1ccc2c(c1)CCC2O.[Y]. The van der Waals surface area contributed by atoms with Gasteiger partial charge in [0.1, 0.15) is 0 Å². The number of hydrogen-bond acceptors (Lipinski definition) is 2. The fraction of sp³-hybridized carbons (Fsp3) is 0.579. The molecule has 0 spiro atoms. The van der Waals surface area contributed by atoms with Crippen molar-refractivity contribution in [3.05, 3.63) is 41.8 Å². The van der Waals surface area contributed by atoms with E-state index in [9.17, 15) is 9.90 Å². The first-order valence-electron chi connectivity index (χ1n) is 8.49. The number of rotatable bonds is 6. The molecule has 1 aromatic carbocycles. The standard InChI is InChI=1S/C19H26NO2.Y/c1-3-4-13(2)9-10-20-17(12-19(20)22)15-5-7-16-14(11-15)6-8-18(16)21;/h5,7,11,13,17-18,21H,1,3-4,6,8-10,12H2,2H3;/q-1;/t13?,17-,18?;/m1./s1. The second-order valence-electron chi connectivity index (χ2n) is 6.86. The molecule has 3 nitrogen and oxygen atoms in total. The van der Waals surface area contributed by atoms with E-state index in [4.69, 9.17) is 0 Å². The van der Waals surface area contributed by atoms with E-state index in [1.807, 2.05) is 4.90 Å². The van der Waals surface area contributed by atoms with Crippen LogP contribution in [0.4, 0.5) is 0 Å². The van der Waals surface area contributed by atoms with Crippen LogP contribution in [0, 0.1) is 12.8 Å². The molecule has 0 saturated carbocycles. The van der Waals surface area contributed by atoms with Gasteiger partial charge in [-0.25, -0.2) is 0 Å². The molecule has 1 aliphatic carbocycles. The summed E-state index contributed by atoms with van der Waals surface area (Å²) in [5, 5.41) is 9.90. The molecule has 23 heavy (non-hydrogen) atoms. The molecule has 4 heteroatoms. The third-order valence-electron chi connectivity index (χ3n) is 5.22. The van der Waals surface area contributed by atoms with E-state index >= 15 is 0 Å². The number of aliphatic hydroxyl groups excluding tert-OH is 1. The zero-order valence-electron chi connectivity index (χ0n) is 14.0. The van der Waals surface area contributed by atoms with Crippen LogP contribution in [0.1, 0.15) is 67.9 Å². The Bertz CT molecular complexity index is 560. The number of benzene rings is 1. The first kappa shape index (κ1) is 19.1. The first-order chi connectivity index (χ1) is 10.6. The topological polar surface area (TPSA) is 40.5 Å². The summed E-state index contributed by atoms with van der Waals surface area (Å²) in [6, 6.07) is 6.59. The van der Waals surface area contributed by atoms with Crippen molar-refractivity contribution >= 4 is 5.91 Å². The molecular weight excluding hydrogens is 363 g/mol. The Morgan fingerprint density at radius 2 is 2.17 bits per heavy atom. The summed E-state index contributed by atoms with van der Waals surface area (Å²) in [6.07, 6.45) is 5.26. The molecule has 3 atom stereocenters. The van der Waals surface area contributed by atoms with Gasteiger partial charge in [0.05, 0.1) is 18.6 Å². The maximum Gasteiger partial charge on any atom is 0.225 e. The molecule has 1 aromatic rings. The number of carbonyl (C=O) groups excluding carboxylic acids is 1. The summed E-state index contributed by atoms with van der Waals surface area (Å²) in [5.74, 6) is 0.897. The Morgan fingerprint density at radius 1 is 1.39 bits per heavy atom. The van der Waals surface area contributed by atoms with Crippen LogP contribution in [-0.4, -0.2) is 22.5 Å². The molecule has 123 valence electrons. The van der Waals surface area contributed by atoms with Gasteiger partial charge in [-0.15, -0.1) is 0 Å². The van der Waals surface area contributed by atoms with E-state index in [0.29, 0.717) is 12.3 Å². The normalized spacial score (nSPS) is 24.0. The van der Waals surface area contributed by atoms with Crippen LogP contribution in [0.5, 0.6) is 0 Å². The second kappa shape index (κ2) is 8.22. The summed E-state index contributed by atoms with van der Waals surface area (Å²) in [5.41, 5.74) is 3.57. The minimum atomic E-state index is -0.299. The van der Waals surface area contributed by atoms with Crippen LogP contribution in [0.2, 0.25) is 0 Å². The monoisotopic (exact) mass is 389 g/mol. The Kier molecular flexibility index (Phi) is 6.82. The Morgan fingerprint density at radius 3 is 2.87 bits per heavy atom. The van der Waals surface area contributed by atoms with Gasteiger partial charge in [0.25, 0.3) is 0 Å². The molecule has 1 heterocycles. The first-order valence-corrected chi connectivity index (χ1v) is 8.49. The average Bonchev–Trinajstić information content (AvgIpc) is 2.86. The van der Waals surface area contributed by atoms with Crippen molar-refractivity contribution in [1.82, 2.24) is 4.90 Å². The zero-order chi connectivity index (χ0) is 15.7. The van der Waals surface area contributed by atoms with E-state index in [0.717, 1.165) is 44.2 Å². The van der Waals surface area contributed by atoms with Gasteiger partial charge in [-0.3, -0.25) is 4.79 Å². The van der Waals surface area contributed by atoms with Crippen LogP contribution in [0.3, 0.4) is 0 Å². The van der Waals surface area contributed by atoms with E-state index in [-0.39, 0.29) is 50.8 Å². The maximum absolute atomic E-state index is 11.9. The molecule has 1 aliphatic heterocycles. The van der Waals surface area contributed by atoms with Crippen molar-refractivity contribution in [3.8, 4) is 0 Å². The fourth-order valence-corrected chi connectivity index (χ4v) is 3.71. The van der Waals surface area contributed by atoms with Gasteiger partial charge >= 0.3 is 0 Å². The van der Waals surface area contributed by atoms with Crippen LogP contribution in [0.25, 0.3) is 0 Å². The maximum atomic E-state index is 11.9. The molecule has 1 radical (unpaired) electrons. The van der Waals surface area contributed by atoms with Gasteiger partial charge in [0.2, 0.25) is 5.91 Å². The number of likely N-dealkylation sites (tertiary alicyclic amines) is 1. The van der Waals surface area contributed by atoms with Crippen molar-refractivity contribution in [2.45, 2.75) is 57.6 Å². The quantitative estimate of drug-likeness (QED) is 0.597. The molecule has 1 fully saturated rings. The largest absolute Gasteiger partial charge is 0.388 e. The van der Waals surface area contributed by atoms with E-state index < -0.39 is 0 Å². The molecule has 2 aliphatic rings. The van der Waals surface area contributed by atoms with E-state index in [1.54, 1.807) is 0 Å². The molecule has 0 bridgehead atoms. The molecular formula is C19H26NO2Y-. The smallest absolute Gasteiger partial charge is 0.225 e. The Balaban J connectivity index is 0.00000192. The summed E-state index contributed by atoms with van der Waals surface area (Å²) in [7, 11) is 0. The third kappa shape index (κ3) is 4.05. The van der Waals surface area contributed by atoms with Crippen molar-refractivity contribution in [3.63, 3.8) is 0 Å². The summed E-state index contributed by atoms with van der Waals surface area (Å²) < 4.78 is 0. The van der Waals surface area contributed by atoms with Crippen LogP contribution in [0.15, 0.2) is 18.2 Å². The number of hydrogen-bond donors (Lipinski definition) is 1. The second-order valence-corrected chi connectivity index (χ2v) is 6.86. The van der Waals surface area contributed by atoms with E-state index in [2.05, 4.69) is 32.0 Å². The minimum Gasteiger partial charge on any atom is -0.388 e. The number of amides is 1. The molecule has 1 amide bonds. The summed E-state index contributed by atoms with van der Waals surface area (Å²) >= 11 is 0. The van der Waals surface area contributed by atoms with Crippen molar-refractivity contribution < 1.29 is 42.6 Å². The molecule has 1 N–H and O–H groups in total. The molecule has 2 unspecified atom stereocenters. The van der Waals surface area contributed by atoms with Gasteiger partial charge in [0.15, 0.2) is 0 Å². The predicted octanol–water partition coefficient (Wildman–Crippen LogP) is 3.58. The number of carbonyl (C=O) groups is 1. The van der Waals surface area contributed by atoms with Gasteiger partial charge in [-0.05, 0) is 41.9 Å². The number of β-lactam (4-membered cyclic amide) rings is 1. The summed E-state index contributed by atoms with van der Waals surface area (Å²) in [4.78, 5) is 14.0. The van der Waals surface area contributed by atoms with Gasteiger partial charge < -0.3 is 16.9 Å². The zero-order valence-corrected chi connectivity index (χ0v) is 16.8. The third-order valence-corrected chi connectivity index (χ3v) is 5.22. The molecule has 0 aromatic heterocycles. The van der Waals surface area contributed by atoms with Crippen molar-refractivity contribution in [2.24, 2.45) is 5.92 Å². The van der Waals surface area contributed by atoms with Crippen molar-refractivity contribution in [1.29, 1.82) is 0 Å². The molecule has 1 saturated heterocycles. The number of aliphatic hydroxyl groups is 1. The molecule has 3 rings (SSSR count). The van der Waals surface area contributed by atoms with Crippen LogP contribution >= 0.6 is 0 Å². The number of fused-ring (bicyclic) bond motifs is 1. The Labute approximate surface area is 164 Å². The van der Waals surface area contributed by atoms with Crippen molar-refractivity contribution in [2.75, 3.05) is 6.54 Å². The van der Waals surface area contributed by atoms with Crippen LogP contribution < -0.4 is 0 Å². The van der Waals surface area contributed by atoms with Gasteiger partial charge in [-0.2, -0.15) is 6.42 Å². The van der Waals surface area contributed by atoms with Gasteiger partial charge in [0, 0.05) is 39.3 Å². The minimum absolute atomic E-state index is 0. The average molecular weight is 389 g/mol. The fourth-order valence-electron chi connectivity index (χ4n) is 3.71.